The maximum absolute atomic E-state index is 13.0. The maximum Gasteiger partial charge on any atom is 0.153 e. The molecular formula is C8H6FIO. The summed E-state index contributed by atoms with van der Waals surface area (Å²) in [7, 11) is 0. The maximum atomic E-state index is 13.0. The summed E-state index contributed by atoms with van der Waals surface area (Å²) in [6, 6.07) is 3.21. The van der Waals surface area contributed by atoms with E-state index in [1.165, 1.54) is 6.07 Å². The van der Waals surface area contributed by atoms with Crippen molar-refractivity contribution < 1.29 is 9.18 Å². The summed E-state index contributed by atoms with van der Waals surface area (Å²) in [6.45, 7) is 1.66. The van der Waals surface area contributed by atoms with Crippen LogP contribution in [0.4, 0.5) is 4.39 Å². The van der Waals surface area contributed by atoms with Crippen LogP contribution in [0.25, 0.3) is 0 Å². The van der Waals surface area contributed by atoms with E-state index >= 15 is 0 Å². The van der Waals surface area contributed by atoms with Gasteiger partial charge in [-0.05, 0) is 47.2 Å². The van der Waals surface area contributed by atoms with E-state index in [-0.39, 0.29) is 5.56 Å². The smallest absolute Gasteiger partial charge is 0.153 e. The number of benzene rings is 1. The van der Waals surface area contributed by atoms with Crippen molar-refractivity contribution in [3.8, 4) is 0 Å². The summed E-state index contributed by atoms with van der Waals surface area (Å²) in [5.74, 6) is -0.410. The summed E-state index contributed by atoms with van der Waals surface area (Å²) in [6.07, 6.45) is 0.526. The fourth-order valence-corrected chi connectivity index (χ4v) is 1.19. The van der Waals surface area contributed by atoms with Gasteiger partial charge in [-0.25, -0.2) is 4.39 Å². The van der Waals surface area contributed by atoms with E-state index in [4.69, 9.17) is 0 Å². The summed E-state index contributed by atoms with van der Waals surface area (Å²) in [5, 5.41) is 0. The van der Waals surface area contributed by atoms with Gasteiger partial charge in [0.25, 0.3) is 0 Å². The Hall–Kier alpha value is -0.450. The summed E-state index contributed by atoms with van der Waals surface area (Å²) in [5.41, 5.74) is 0.665. The Balaban J connectivity index is 3.36. The van der Waals surface area contributed by atoms with E-state index in [1.54, 1.807) is 13.0 Å². The molecule has 0 radical (unpaired) electrons. The van der Waals surface area contributed by atoms with Gasteiger partial charge in [-0.1, -0.05) is 0 Å². The van der Waals surface area contributed by atoms with Gasteiger partial charge in [-0.2, -0.15) is 0 Å². The van der Waals surface area contributed by atoms with Crippen LogP contribution < -0.4 is 0 Å². The van der Waals surface area contributed by atoms with Crippen molar-refractivity contribution >= 4 is 28.9 Å². The van der Waals surface area contributed by atoms with E-state index in [9.17, 15) is 9.18 Å². The monoisotopic (exact) mass is 264 g/mol. The first kappa shape index (κ1) is 8.64. The molecule has 1 nitrogen and oxygen atoms in total. The fraction of sp³-hybridized carbons (Fsp3) is 0.125. The molecule has 58 valence electrons. The van der Waals surface area contributed by atoms with Gasteiger partial charge in [0, 0.05) is 3.57 Å². The molecule has 0 spiro atoms. The van der Waals surface area contributed by atoms with Gasteiger partial charge in [0.05, 0.1) is 5.56 Å². The molecule has 0 aromatic heterocycles. The number of halogens is 2. The van der Waals surface area contributed by atoms with Crippen LogP contribution in [0.15, 0.2) is 12.1 Å². The van der Waals surface area contributed by atoms with Crippen LogP contribution >= 0.6 is 22.6 Å². The lowest BCUT2D eigenvalue weighted by atomic mass is 10.1. The van der Waals surface area contributed by atoms with Crippen molar-refractivity contribution in [2.45, 2.75) is 6.92 Å². The van der Waals surface area contributed by atoms with Crippen molar-refractivity contribution in [2.24, 2.45) is 0 Å². The molecule has 1 aromatic carbocycles. The molecule has 0 aliphatic heterocycles. The second-order valence-electron chi connectivity index (χ2n) is 2.19. The Morgan fingerprint density at radius 3 is 2.73 bits per heavy atom. The molecule has 0 N–H and O–H groups in total. The van der Waals surface area contributed by atoms with Crippen molar-refractivity contribution in [1.82, 2.24) is 0 Å². The zero-order valence-corrected chi connectivity index (χ0v) is 8.05. The van der Waals surface area contributed by atoms with E-state index in [0.29, 0.717) is 11.8 Å². The Morgan fingerprint density at radius 1 is 1.55 bits per heavy atom. The molecule has 0 bridgehead atoms. The molecule has 1 aromatic rings. The minimum atomic E-state index is -0.410. The Kier molecular flexibility index (Phi) is 2.59. The first-order chi connectivity index (χ1) is 5.16. The highest BCUT2D eigenvalue weighted by Crippen LogP contribution is 2.16. The van der Waals surface area contributed by atoms with Crippen LogP contribution in [0.2, 0.25) is 0 Å². The number of hydrogen-bond acceptors (Lipinski definition) is 1. The third kappa shape index (κ3) is 1.58. The molecule has 0 aliphatic rings. The van der Waals surface area contributed by atoms with Crippen LogP contribution in [0.5, 0.6) is 0 Å². The molecule has 1 rings (SSSR count). The lowest BCUT2D eigenvalue weighted by Gasteiger charge is -2.00. The summed E-state index contributed by atoms with van der Waals surface area (Å²) in [4.78, 5) is 10.2. The van der Waals surface area contributed by atoms with E-state index in [0.717, 1.165) is 3.57 Å². The lowest BCUT2D eigenvalue weighted by Crippen LogP contribution is -1.93. The van der Waals surface area contributed by atoms with E-state index < -0.39 is 5.82 Å². The van der Waals surface area contributed by atoms with Crippen LogP contribution in [-0.4, -0.2) is 6.29 Å². The Bertz CT molecular complexity index is 296. The highest BCUT2D eigenvalue weighted by atomic mass is 127. The van der Waals surface area contributed by atoms with Crippen molar-refractivity contribution in [3.05, 3.63) is 32.6 Å². The van der Waals surface area contributed by atoms with Gasteiger partial charge in [-0.15, -0.1) is 0 Å². The van der Waals surface area contributed by atoms with Crippen molar-refractivity contribution in [1.29, 1.82) is 0 Å². The molecule has 0 amide bonds. The molecule has 0 heterocycles. The number of aldehydes is 1. The zero-order chi connectivity index (χ0) is 8.43. The van der Waals surface area contributed by atoms with Gasteiger partial charge in [0.1, 0.15) is 5.82 Å². The molecule has 0 atom stereocenters. The van der Waals surface area contributed by atoms with E-state index in [2.05, 4.69) is 0 Å². The molecule has 0 saturated heterocycles. The molecule has 0 aliphatic carbocycles. The minimum Gasteiger partial charge on any atom is -0.298 e. The predicted molar refractivity (Wildman–Crippen MR) is 49.2 cm³/mol. The first-order valence-corrected chi connectivity index (χ1v) is 4.14. The summed E-state index contributed by atoms with van der Waals surface area (Å²) < 4.78 is 13.9. The molecule has 0 saturated carbocycles. The van der Waals surface area contributed by atoms with Gasteiger partial charge < -0.3 is 0 Å². The molecule has 11 heavy (non-hydrogen) atoms. The average Bonchev–Trinajstić information content (AvgIpc) is 2.01. The van der Waals surface area contributed by atoms with Gasteiger partial charge in [0.15, 0.2) is 6.29 Å². The van der Waals surface area contributed by atoms with Crippen LogP contribution in [0.3, 0.4) is 0 Å². The SMILES string of the molecule is Cc1c(I)ccc(C=O)c1F. The number of rotatable bonds is 1. The van der Waals surface area contributed by atoms with Gasteiger partial charge in [-0.3, -0.25) is 4.79 Å². The number of carbonyl (C=O) groups excluding carboxylic acids is 1. The standard InChI is InChI=1S/C8H6FIO/c1-5-7(10)3-2-6(4-11)8(5)9/h2-4H,1H3. The molecule has 0 fully saturated rings. The number of carbonyl (C=O) groups is 1. The molecule has 3 heteroatoms. The molecule has 0 unspecified atom stereocenters. The lowest BCUT2D eigenvalue weighted by molar-refractivity contribution is 0.111. The first-order valence-electron chi connectivity index (χ1n) is 3.06. The normalized spacial score (nSPS) is 9.73. The number of hydrogen-bond donors (Lipinski definition) is 0. The van der Waals surface area contributed by atoms with Crippen molar-refractivity contribution in [2.75, 3.05) is 0 Å². The summed E-state index contributed by atoms with van der Waals surface area (Å²) >= 11 is 2.03. The predicted octanol–water partition coefficient (Wildman–Crippen LogP) is 2.55. The third-order valence-electron chi connectivity index (χ3n) is 1.48. The van der Waals surface area contributed by atoms with Crippen LogP contribution in [-0.2, 0) is 0 Å². The Labute approximate surface area is 77.8 Å². The fourth-order valence-electron chi connectivity index (χ4n) is 0.773. The second kappa shape index (κ2) is 3.30. The van der Waals surface area contributed by atoms with Gasteiger partial charge in [0.2, 0.25) is 0 Å². The molecular weight excluding hydrogens is 258 g/mol. The highest BCUT2D eigenvalue weighted by molar-refractivity contribution is 14.1. The van der Waals surface area contributed by atoms with Crippen molar-refractivity contribution in [3.63, 3.8) is 0 Å². The average molecular weight is 264 g/mol. The topological polar surface area (TPSA) is 17.1 Å². The van der Waals surface area contributed by atoms with Crippen LogP contribution in [0, 0.1) is 16.3 Å². The quantitative estimate of drug-likeness (QED) is 0.562. The minimum absolute atomic E-state index is 0.128. The third-order valence-corrected chi connectivity index (χ3v) is 2.65. The Morgan fingerprint density at radius 2 is 2.18 bits per heavy atom. The second-order valence-corrected chi connectivity index (χ2v) is 3.36. The largest absolute Gasteiger partial charge is 0.298 e. The van der Waals surface area contributed by atoms with E-state index in [1.807, 2.05) is 22.6 Å². The zero-order valence-electron chi connectivity index (χ0n) is 5.90. The van der Waals surface area contributed by atoms with Crippen LogP contribution in [0.1, 0.15) is 15.9 Å². The van der Waals surface area contributed by atoms with Gasteiger partial charge >= 0.3 is 0 Å². The highest BCUT2D eigenvalue weighted by Gasteiger charge is 2.06.